The fourth-order valence-electron chi connectivity index (χ4n) is 2.54. The van der Waals surface area contributed by atoms with E-state index in [9.17, 15) is 18.0 Å². The Morgan fingerprint density at radius 3 is 2.41 bits per heavy atom. The van der Waals surface area contributed by atoms with Crippen LogP contribution in [0.15, 0.2) is 47.4 Å². The topological polar surface area (TPSA) is 114 Å². The fourth-order valence-corrected chi connectivity index (χ4v) is 3.64. The second kappa shape index (κ2) is 7.28. The quantitative estimate of drug-likeness (QED) is 0.680. The summed E-state index contributed by atoms with van der Waals surface area (Å²) in [5.74, 6) is -1.43. The van der Waals surface area contributed by atoms with Crippen molar-refractivity contribution in [1.29, 1.82) is 0 Å². The molecule has 3 rings (SSSR count). The van der Waals surface area contributed by atoms with Gasteiger partial charge >= 0.3 is 0 Å². The second-order valence-corrected chi connectivity index (χ2v) is 7.62. The van der Waals surface area contributed by atoms with Gasteiger partial charge in [0.15, 0.2) is 0 Å². The maximum Gasteiger partial charge on any atom is 0.262 e. The van der Waals surface area contributed by atoms with Gasteiger partial charge in [0.2, 0.25) is 11.8 Å². The SMILES string of the molecule is CCOc1ccccc1NS(=O)(=O)c1ccc2c(c1)NC(=O)[C@H](C)C(=O)N2. The largest absolute Gasteiger partial charge is 0.492 e. The van der Waals surface area contributed by atoms with Crippen LogP contribution in [0.3, 0.4) is 0 Å². The zero-order chi connectivity index (χ0) is 19.6. The van der Waals surface area contributed by atoms with E-state index in [1.807, 2.05) is 0 Å². The minimum Gasteiger partial charge on any atom is -0.492 e. The fraction of sp³-hybridized carbons (Fsp3) is 0.222. The first-order valence-electron chi connectivity index (χ1n) is 8.32. The Morgan fingerprint density at radius 1 is 1.04 bits per heavy atom. The van der Waals surface area contributed by atoms with E-state index in [-0.39, 0.29) is 10.6 Å². The van der Waals surface area contributed by atoms with Gasteiger partial charge in [-0.1, -0.05) is 12.1 Å². The number of carbonyl (C=O) groups is 2. The van der Waals surface area contributed by atoms with Gasteiger partial charge in [0, 0.05) is 0 Å². The summed E-state index contributed by atoms with van der Waals surface area (Å²) >= 11 is 0. The number of carbonyl (C=O) groups excluding carboxylic acids is 2. The molecule has 0 aromatic heterocycles. The van der Waals surface area contributed by atoms with Crippen molar-refractivity contribution in [1.82, 2.24) is 0 Å². The predicted octanol–water partition coefficient (Wildman–Crippen LogP) is 2.41. The van der Waals surface area contributed by atoms with Crippen molar-refractivity contribution >= 4 is 38.9 Å². The van der Waals surface area contributed by atoms with Gasteiger partial charge in [0.1, 0.15) is 11.7 Å². The third-order valence-electron chi connectivity index (χ3n) is 4.03. The normalized spacial score (nSPS) is 16.6. The van der Waals surface area contributed by atoms with Gasteiger partial charge in [-0.2, -0.15) is 0 Å². The molecule has 3 N–H and O–H groups in total. The molecule has 8 nitrogen and oxygen atoms in total. The molecule has 2 aromatic rings. The average Bonchev–Trinajstić information content (AvgIpc) is 2.73. The molecule has 2 aromatic carbocycles. The Morgan fingerprint density at radius 2 is 1.70 bits per heavy atom. The molecule has 0 spiro atoms. The van der Waals surface area contributed by atoms with Crippen LogP contribution in [-0.2, 0) is 19.6 Å². The third kappa shape index (κ3) is 3.87. The highest BCUT2D eigenvalue weighted by atomic mass is 32.2. The van der Waals surface area contributed by atoms with Gasteiger partial charge in [-0.3, -0.25) is 14.3 Å². The number of benzene rings is 2. The first kappa shape index (κ1) is 18.7. The van der Waals surface area contributed by atoms with E-state index in [4.69, 9.17) is 4.74 Å². The van der Waals surface area contributed by atoms with Gasteiger partial charge in [0.05, 0.1) is 28.6 Å². The molecule has 1 aliphatic rings. The molecule has 0 saturated heterocycles. The minimum absolute atomic E-state index is 0.0587. The molecule has 0 aliphatic carbocycles. The van der Waals surface area contributed by atoms with Crippen LogP contribution >= 0.6 is 0 Å². The molecule has 0 unspecified atom stereocenters. The molecular formula is C18H19N3O5S. The highest BCUT2D eigenvalue weighted by molar-refractivity contribution is 7.92. The Labute approximate surface area is 157 Å². The summed E-state index contributed by atoms with van der Waals surface area (Å²) in [6.45, 7) is 3.66. The van der Waals surface area contributed by atoms with Gasteiger partial charge in [-0.05, 0) is 44.2 Å². The van der Waals surface area contributed by atoms with Crippen LogP contribution in [0.25, 0.3) is 0 Å². The Hall–Kier alpha value is -3.07. The van der Waals surface area contributed by atoms with Gasteiger partial charge in [-0.15, -0.1) is 0 Å². The van der Waals surface area contributed by atoms with Crippen LogP contribution in [-0.4, -0.2) is 26.8 Å². The van der Waals surface area contributed by atoms with E-state index < -0.39 is 27.8 Å². The number of amides is 2. The van der Waals surface area contributed by atoms with E-state index in [1.54, 1.807) is 31.2 Å². The lowest BCUT2D eigenvalue weighted by Gasteiger charge is -2.14. The van der Waals surface area contributed by atoms with Gasteiger partial charge < -0.3 is 15.4 Å². The number of rotatable bonds is 5. The zero-order valence-electron chi connectivity index (χ0n) is 14.8. The van der Waals surface area contributed by atoms with Crippen molar-refractivity contribution in [3.63, 3.8) is 0 Å². The number of hydrogen-bond donors (Lipinski definition) is 3. The zero-order valence-corrected chi connectivity index (χ0v) is 15.6. The number of ether oxygens (including phenoxy) is 1. The molecule has 0 radical (unpaired) electrons. The summed E-state index contributed by atoms with van der Waals surface area (Å²) in [5.41, 5.74) is 0.866. The second-order valence-electron chi connectivity index (χ2n) is 5.94. The predicted molar refractivity (Wildman–Crippen MR) is 101 cm³/mol. The van der Waals surface area contributed by atoms with E-state index in [0.717, 1.165) is 0 Å². The Balaban J connectivity index is 1.94. The number of hydrogen-bond acceptors (Lipinski definition) is 5. The van der Waals surface area contributed by atoms with E-state index in [1.165, 1.54) is 25.1 Å². The van der Waals surface area contributed by atoms with Crippen molar-refractivity contribution in [2.75, 3.05) is 22.0 Å². The van der Waals surface area contributed by atoms with Crippen LogP contribution < -0.4 is 20.1 Å². The van der Waals surface area contributed by atoms with E-state index in [2.05, 4.69) is 15.4 Å². The summed E-state index contributed by atoms with van der Waals surface area (Å²) in [7, 11) is -3.94. The number of nitrogens with one attached hydrogen (secondary N) is 3. The molecule has 142 valence electrons. The molecule has 0 bridgehead atoms. The smallest absolute Gasteiger partial charge is 0.262 e. The Kier molecular flexibility index (Phi) is 5.04. The standard InChI is InChI=1S/C18H19N3O5S/c1-3-26-16-7-5-4-6-14(16)21-27(24,25)12-8-9-13-15(10-12)20-18(23)11(2)17(22)19-13/h4-11,21H,3H2,1-2H3,(H,19,22)(H,20,23)/t11-/m1/s1. The third-order valence-corrected chi connectivity index (χ3v) is 5.40. The maximum absolute atomic E-state index is 12.8. The minimum atomic E-state index is -3.94. The highest BCUT2D eigenvalue weighted by Gasteiger charge is 2.28. The molecule has 27 heavy (non-hydrogen) atoms. The first-order valence-corrected chi connectivity index (χ1v) is 9.80. The Bertz CT molecular complexity index is 1000. The van der Waals surface area contributed by atoms with E-state index >= 15 is 0 Å². The van der Waals surface area contributed by atoms with Crippen LogP contribution in [0.1, 0.15) is 13.8 Å². The van der Waals surface area contributed by atoms with Crippen LogP contribution in [0.2, 0.25) is 0 Å². The van der Waals surface area contributed by atoms with Crippen molar-refractivity contribution < 1.29 is 22.7 Å². The average molecular weight is 389 g/mol. The summed E-state index contributed by atoms with van der Waals surface area (Å²) in [4.78, 5) is 23.8. The molecule has 0 saturated carbocycles. The number of para-hydroxylation sites is 2. The first-order chi connectivity index (χ1) is 12.8. The summed E-state index contributed by atoms with van der Waals surface area (Å²) in [6, 6.07) is 10.8. The molecular weight excluding hydrogens is 370 g/mol. The number of anilines is 3. The molecule has 2 amide bonds. The van der Waals surface area contributed by atoms with Gasteiger partial charge in [-0.25, -0.2) is 8.42 Å². The maximum atomic E-state index is 12.8. The summed E-state index contributed by atoms with van der Waals surface area (Å²) in [5, 5.41) is 5.17. The van der Waals surface area contributed by atoms with Crippen LogP contribution in [0.5, 0.6) is 5.75 Å². The van der Waals surface area contributed by atoms with Crippen molar-refractivity contribution in [2.24, 2.45) is 5.92 Å². The lowest BCUT2D eigenvalue weighted by Crippen LogP contribution is -2.28. The van der Waals surface area contributed by atoms with Crippen LogP contribution in [0.4, 0.5) is 17.1 Å². The van der Waals surface area contributed by atoms with Crippen molar-refractivity contribution in [2.45, 2.75) is 18.7 Å². The van der Waals surface area contributed by atoms with E-state index in [0.29, 0.717) is 23.7 Å². The summed E-state index contributed by atoms with van der Waals surface area (Å²) < 4.78 is 33.5. The monoisotopic (exact) mass is 389 g/mol. The lowest BCUT2D eigenvalue weighted by atomic mass is 10.1. The number of fused-ring (bicyclic) bond motifs is 1. The molecule has 1 atom stereocenters. The van der Waals surface area contributed by atoms with Crippen LogP contribution in [0, 0.1) is 5.92 Å². The number of sulfonamides is 1. The molecule has 1 heterocycles. The lowest BCUT2D eigenvalue weighted by molar-refractivity contribution is -0.128. The van der Waals surface area contributed by atoms with Crippen molar-refractivity contribution in [3.05, 3.63) is 42.5 Å². The highest BCUT2D eigenvalue weighted by Crippen LogP contribution is 2.31. The molecule has 1 aliphatic heterocycles. The summed E-state index contributed by atoms with van der Waals surface area (Å²) in [6.07, 6.45) is 0. The molecule has 9 heteroatoms. The molecule has 0 fully saturated rings. The van der Waals surface area contributed by atoms with Crippen molar-refractivity contribution in [3.8, 4) is 5.75 Å². The van der Waals surface area contributed by atoms with Gasteiger partial charge in [0.25, 0.3) is 10.0 Å².